The Morgan fingerprint density at radius 2 is 2.30 bits per heavy atom. The van der Waals surface area contributed by atoms with Gasteiger partial charge in [-0.3, -0.25) is 4.90 Å². The van der Waals surface area contributed by atoms with E-state index in [1.807, 2.05) is 0 Å². The van der Waals surface area contributed by atoms with Crippen molar-refractivity contribution in [2.45, 2.75) is 19.0 Å². The van der Waals surface area contributed by atoms with Crippen molar-refractivity contribution in [2.24, 2.45) is 0 Å². The van der Waals surface area contributed by atoms with Crippen LogP contribution in [0.2, 0.25) is 0 Å². The fraction of sp³-hybridized carbons (Fsp3) is 1.00. The minimum Gasteiger partial charge on any atom is -0.392 e. The van der Waals surface area contributed by atoms with E-state index in [2.05, 4.69) is 0 Å². The van der Waals surface area contributed by atoms with E-state index < -0.39 is 12.5 Å². The highest BCUT2D eigenvalue weighted by Crippen LogP contribution is 2.09. The SMILES string of the molecule is O[C@H]1CCN(CC(F)F)C1. The number of hydrogen-bond acceptors (Lipinski definition) is 2. The van der Waals surface area contributed by atoms with E-state index in [0.29, 0.717) is 19.5 Å². The number of likely N-dealkylation sites (tertiary alicyclic amines) is 1. The minimum absolute atomic E-state index is 0.197. The quantitative estimate of drug-likeness (QED) is 0.614. The summed E-state index contributed by atoms with van der Waals surface area (Å²) in [6, 6.07) is 0. The molecular weight excluding hydrogens is 140 g/mol. The predicted molar refractivity (Wildman–Crippen MR) is 33.1 cm³/mol. The molecule has 1 fully saturated rings. The van der Waals surface area contributed by atoms with Gasteiger partial charge in [0.15, 0.2) is 0 Å². The molecule has 4 heteroatoms. The monoisotopic (exact) mass is 151 g/mol. The molecular formula is C6H11F2NO. The van der Waals surface area contributed by atoms with Crippen LogP contribution in [0.1, 0.15) is 6.42 Å². The van der Waals surface area contributed by atoms with Gasteiger partial charge in [-0.1, -0.05) is 0 Å². The lowest BCUT2D eigenvalue weighted by Gasteiger charge is -2.12. The van der Waals surface area contributed by atoms with Crippen LogP contribution in [-0.2, 0) is 0 Å². The van der Waals surface area contributed by atoms with Gasteiger partial charge in [-0.2, -0.15) is 0 Å². The number of halogens is 2. The summed E-state index contributed by atoms with van der Waals surface area (Å²) in [5.41, 5.74) is 0. The number of β-amino-alcohol motifs (C(OH)–C–C–N with tert-alkyl or cyclic N) is 1. The molecule has 1 heterocycles. The van der Waals surface area contributed by atoms with Gasteiger partial charge in [0.1, 0.15) is 0 Å². The van der Waals surface area contributed by atoms with Crippen molar-refractivity contribution >= 4 is 0 Å². The summed E-state index contributed by atoms with van der Waals surface area (Å²) in [6.45, 7) is 0.812. The molecule has 0 aromatic rings. The molecule has 60 valence electrons. The van der Waals surface area contributed by atoms with Gasteiger partial charge in [-0.25, -0.2) is 8.78 Å². The Balaban J connectivity index is 2.18. The average Bonchev–Trinajstić information content (AvgIpc) is 2.13. The van der Waals surface area contributed by atoms with E-state index in [0.717, 1.165) is 0 Å². The summed E-state index contributed by atoms with van der Waals surface area (Å²) in [7, 11) is 0. The molecule has 0 aliphatic carbocycles. The van der Waals surface area contributed by atoms with Crippen molar-refractivity contribution in [3.63, 3.8) is 0 Å². The first-order valence-corrected chi connectivity index (χ1v) is 3.37. The van der Waals surface area contributed by atoms with Crippen molar-refractivity contribution in [1.82, 2.24) is 4.90 Å². The lowest BCUT2D eigenvalue weighted by molar-refractivity contribution is 0.0908. The molecule has 0 aromatic heterocycles. The van der Waals surface area contributed by atoms with Gasteiger partial charge in [0.05, 0.1) is 12.6 Å². The summed E-state index contributed by atoms with van der Waals surface area (Å²) in [5, 5.41) is 8.93. The van der Waals surface area contributed by atoms with Crippen LogP contribution in [0.25, 0.3) is 0 Å². The highest BCUT2D eigenvalue weighted by Gasteiger charge is 2.22. The van der Waals surface area contributed by atoms with Gasteiger partial charge < -0.3 is 5.11 Å². The Hall–Kier alpha value is -0.220. The Morgan fingerprint density at radius 1 is 1.60 bits per heavy atom. The maximum absolute atomic E-state index is 11.7. The Morgan fingerprint density at radius 3 is 2.70 bits per heavy atom. The number of alkyl halides is 2. The lowest BCUT2D eigenvalue weighted by atomic mass is 10.3. The summed E-state index contributed by atoms with van der Waals surface area (Å²) in [4.78, 5) is 1.58. The Kier molecular flexibility index (Phi) is 2.56. The third kappa shape index (κ3) is 2.19. The van der Waals surface area contributed by atoms with Crippen molar-refractivity contribution in [2.75, 3.05) is 19.6 Å². The normalized spacial score (nSPS) is 28.2. The second kappa shape index (κ2) is 3.25. The summed E-state index contributed by atoms with van der Waals surface area (Å²) in [5.74, 6) is 0. The molecule has 1 N–H and O–H groups in total. The largest absolute Gasteiger partial charge is 0.392 e. The molecule has 10 heavy (non-hydrogen) atoms. The zero-order chi connectivity index (χ0) is 7.56. The van der Waals surface area contributed by atoms with E-state index in [9.17, 15) is 8.78 Å². The highest BCUT2D eigenvalue weighted by molar-refractivity contribution is 4.74. The third-order valence-electron chi connectivity index (χ3n) is 1.64. The van der Waals surface area contributed by atoms with Crippen molar-refractivity contribution < 1.29 is 13.9 Å². The molecule has 0 radical (unpaired) electrons. The second-order valence-corrected chi connectivity index (χ2v) is 2.59. The minimum atomic E-state index is -2.27. The zero-order valence-electron chi connectivity index (χ0n) is 5.63. The summed E-state index contributed by atoms with van der Waals surface area (Å²) >= 11 is 0. The molecule has 1 atom stereocenters. The summed E-state index contributed by atoms with van der Waals surface area (Å²) < 4.78 is 23.4. The van der Waals surface area contributed by atoms with Crippen molar-refractivity contribution in [3.8, 4) is 0 Å². The van der Waals surface area contributed by atoms with Crippen molar-refractivity contribution in [1.29, 1.82) is 0 Å². The molecule has 1 rings (SSSR count). The smallest absolute Gasteiger partial charge is 0.251 e. The topological polar surface area (TPSA) is 23.5 Å². The van der Waals surface area contributed by atoms with E-state index in [-0.39, 0.29) is 6.54 Å². The van der Waals surface area contributed by atoms with Gasteiger partial charge in [0.25, 0.3) is 6.43 Å². The van der Waals surface area contributed by atoms with Crippen LogP contribution in [0.15, 0.2) is 0 Å². The van der Waals surface area contributed by atoms with E-state index >= 15 is 0 Å². The van der Waals surface area contributed by atoms with E-state index in [1.54, 1.807) is 4.90 Å². The number of hydrogen-bond donors (Lipinski definition) is 1. The maximum Gasteiger partial charge on any atom is 0.251 e. The van der Waals surface area contributed by atoms with Crippen LogP contribution < -0.4 is 0 Å². The molecule has 0 bridgehead atoms. The molecule has 0 unspecified atom stereocenters. The molecule has 0 aromatic carbocycles. The maximum atomic E-state index is 11.7. The third-order valence-corrected chi connectivity index (χ3v) is 1.64. The first-order chi connectivity index (χ1) is 4.68. The molecule has 1 saturated heterocycles. The van der Waals surface area contributed by atoms with Crippen LogP contribution >= 0.6 is 0 Å². The standard InChI is InChI=1S/C6H11F2NO/c7-6(8)4-9-2-1-5(10)3-9/h5-6,10H,1-4H2/t5-/m0/s1. The van der Waals surface area contributed by atoms with Gasteiger partial charge in [-0.05, 0) is 6.42 Å². The van der Waals surface area contributed by atoms with Crippen LogP contribution in [0.4, 0.5) is 8.78 Å². The molecule has 0 amide bonds. The van der Waals surface area contributed by atoms with Crippen LogP contribution in [0.3, 0.4) is 0 Å². The first-order valence-electron chi connectivity index (χ1n) is 3.37. The van der Waals surface area contributed by atoms with Gasteiger partial charge >= 0.3 is 0 Å². The fourth-order valence-corrected chi connectivity index (χ4v) is 1.17. The average molecular weight is 151 g/mol. The first kappa shape index (κ1) is 7.88. The molecule has 1 aliphatic rings. The number of rotatable bonds is 2. The second-order valence-electron chi connectivity index (χ2n) is 2.59. The van der Waals surface area contributed by atoms with Crippen molar-refractivity contribution in [3.05, 3.63) is 0 Å². The Labute approximate surface area is 58.4 Å². The predicted octanol–water partition coefficient (Wildman–Crippen LogP) is 0.318. The highest BCUT2D eigenvalue weighted by atomic mass is 19.3. The van der Waals surface area contributed by atoms with Gasteiger partial charge in [0.2, 0.25) is 0 Å². The molecule has 1 aliphatic heterocycles. The van der Waals surface area contributed by atoms with Crippen LogP contribution in [0, 0.1) is 0 Å². The lowest BCUT2D eigenvalue weighted by Crippen LogP contribution is -2.27. The van der Waals surface area contributed by atoms with E-state index in [4.69, 9.17) is 5.11 Å². The van der Waals surface area contributed by atoms with Gasteiger partial charge in [0, 0.05) is 13.1 Å². The molecule has 0 spiro atoms. The van der Waals surface area contributed by atoms with Crippen LogP contribution in [0.5, 0.6) is 0 Å². The zero-order valence-corrected chi connectivity index (χ0v) is 5.63. The Bertz CT molecular complexity index is 110. The number of aliphatic hydroxyl groups is 1. The molecule has 2 nitrogen and oxygen atoms in total. The number of nitrogens with zero attached hydrogens (tertiary/aromatic N) is 1. The number of aliphatic hydroxyl groups excluding tert-OH is 1. The fourth-order valence-electron chi connectivity index (χ4n) is 1.17. The van der Waals surface area contributed by atoms with Gasteiger partial charge in [-0.15, -0.1) is 0 Å². The summed E-state index contributed by atoms with van der Waals surface area (Å²) in [6.07, 6.45) is -2.03. The molecule has 0 saturated carbocycles. The van der Waals surface area contributed by atoms with E-state index in [1.165, 1.54) is 0 Å². The van der Waals surface area contributed by atoms with Crippen LogP contribution in [-0.4, -0.2) is 42.2 Å².